The lowest BCUT2D eigenvalue weighted by atomic mass is 10.2. The number of amides is 2. The molecule has 3 N–H and O–H groups in total. The third kappa shape index (κ3) is 5.53. The molecule has 1 aromatic rings. The van der Waals surface area contributed by atoms with Gasteiger partial charge in [-0.05, 0) is 43.7 Å². The van der Waals surface area contributed by atoms with E-state index in [0.717, 1.165) is 19.4 Å². The Morgan fingerprint density at radius 3 is 2.48 bits per heavy atom. The lowest BCUT2D eigenvalue weighted by molar-refractivity contribution is -0.122. The largest absolute Gasteiger partial charge is 0.353 e. The second kappa shape index (κ2) is 8.87. The SMILES string of the molecule is Cl.O=C(NCCNC(=O)C1CCCN1)c1ccc(Cl)cc1. The molecule has 5 nitrogen and oxygen atoms in total. The standard InChI is InChI=1S/C14H18ClN3O2.ClH/c15-11-5-3-10(4-6-11)13(19)17-8-9-18-14(20)12-2-1-7-16-12;/h3-6,12,16H,1-2,7-9H2,(H,17,19)(H,18,20);1H. The molecular weight excluding hydrogens is 313 g/mol. The lowest BCUT2D eigenvalue weighted by Gasteiger charge is -2.11. The van der Waals surface area contributed by atoms with Gasteiger partial charge in [-0.3, -0.25) is 9.59 Å². The summed E-state index contributed by atoms with van der Waals surface area (Å²) in [6, 6.07) is 6.59. The molecule has 1 aromatic carbocycles. The number of carbonyl (C=O) groups is 2. The van der Waals surface area contributed by atoms with Crippen LogP contribution < -0.4 is 16.0 Å². The van der Waals surface area contributed by atoms with Crippen molar-refractivity contribution in [1.82, 2.24) is 16.0 Å². The van der Waals surface area contributed by atoms with Crippen LogP contribution in [0.5, 0.6) is 0 Å². The number of hydrogen-bond acceptors (Lipinski definition) is 3. The van der Waals surface area contributed by atoms with Crippen LogP contribution in [0, 0.1) is 0 Å². The van der Waals surface area contributed by atoms with Gasteiger partial charge in [0.25, 0.3) is 5.91 Å². The number of halogens is 2. The van der Waals surface area contributed by atoms with Crippen molar-refractivity contribution in [3.05, 3.63) is 34.9 Å². The second-order valence-corrected chi connectivity index (χ2v) is 5.14. The summed E-state index contributed by atoms with van der Waals surface area (Å²) in [6.45, 7) is 1.72. The molecule has 2 amide bonds. The Labute approximate surface area is 135 Å². The maximum absolute atomic E-state index is 11.8. The van der Waals surface area contributed by atoms with E-state index in [2.05, 4.69) is 16.0 Å². The normalized spacial score (nSPS) is 16.9. The molecule has 21 heavy (non-hydrogen) atoms. The Kier molecular flexibility index (Phi) is 7.50. The Morgan fingerprint density at radius 2 is 1.86 bits per heavy atom. The third-order valence-electron chi connectivity index (χ3n) is 3.19. The fraction of sp³-hybridized carbons (Fsp3) is 0.429. The zero-order valence-electron chi connectivity index (χ0n) is 11.5. The van der Waals surface area contributed by atoms with Gasteiger partial charge in [0.2, 0.25) is 5.91 Å². The summed E-state index contributed by atoms with van der Waals surface area (Å²) < 4.78 is 0. The molecular formula is C14H19Cl2N3O2. The first-order valence-corrected chi connectivity index (χ1v) is 7.09. The maximum atomic E-state index is 11.8. The van der Waals surface area contributed by atoms with Gasteiger partial charge in [-0.15, -0.1) is 12.4 Å². The zero-order chi connectivity index (χ0) is 14.4. The van der Waals surface area contributed by atoms with Crippen LogP contribution in [0.15, 0.2) is 24.3 Å². The minimum absolute atomic E-state index is 0. The van der Waals surface area contributed by atoms with E-state index in [9.17, 15) is 9.59 Å². The average Bonchev–Trinajstić information content (AvgIpc) is 2.98. The van der Waals surface area contributed by atoms with E-state index in [1.165, 1.54) is 0 Å². The minimum atomic E-state index is -0.171. The van der Waals surface area contributed by atoms with Gasteiger partial charge in [-0.25, -0.2) is 0 Å². The molecule has 0 radical (unpaired) electrons. The Morgan fingerprint density at radius 1 is 1.19 bits per heavy atom. The van der Waals surface area contributed by atoms with Crippen molar-refractivity contribution < 1.29 is 9.59 Å². The maximum Gasteiger partial charge on any atom is 0.251 e. The van der Waals surface area contributed by atoms with E-state index in [1.54, 1.807) is 24.3 Å². The molecule has 0 bridgehead atoms. The van der Waals surface area contributed by atoms with Crippen molar-refractivity contribution in [3.8, 4) is 0 Å². The van der Waals surface area contributed by atoms with E-state index in [-0.39, 0.29) is 30.3 Å². The van der Waals surface area contributed by atoms with Gasteiger partial charge in [-0.2, -0.15) is 0 Å². The molecule has 1 atom stereocenters. The minimum Gasteiger partial charge on any atom is -0.353 e. The quantitative estimate of drug-likeness (QED) is 0.713. The fourth-order valence-corrected chi connectivity index (χ4v) is 2.22. The Balaban J connectivity index is 0.00000220. The van der Waals surface area contributed by atoms with Gasteiger partial charge in [0.05, 0.1) is 6.04 Å². The first-order valence-electron chi connectivity index (χ1n) is 6.71. The highest BCUT2D eigenvalue weighted by molar-refractivity contribution is 6.30. The summed E-state index contributed by atoms with van der Waals surface area (Å²) in [4.78, 5) is 23.5. The predicted molar refractivity (Wildman–Crippen MR) is 85.1 cm³/mol. The molecule has 116 valence electrons. The topological polar surface area (TPSA) is 70.2 Å². The first-order chi connectivity index (χ1) is 9.66. The zero-order valence-corrected chi connectivity index (χ0v) is 13.1. The van der Waals surface area contributed by atoms with Gasteiger partial charge in [-0.1, -0.05) is 11.6 Å². The van der Waals surface area contributed by atoms with Gasteiger partial charge >= 0.3 is 0 Å². The van der Waals surface area contributed by atoms with Crippen molar-refractivity contribution >= 4 is 35.8 Å². The van der Waals surface area contributed by atoms with Gasteiger partial charge in [0, 0.05) is 23.7 Å². The van der Waals surface area contributed by atoms with Crippen molar-refractivity contribution in [1.29, 1.82) is 0 Å². The van der Waals surface area contributed by atoms with E-state index < -0.39 is 0 Å². The smallest absolute Gasteiger partial charge is 0.251 e. The number of benzene rings is 1. The highest BCUT2D eigenvalue weighted by atomic mass is 35.5. The second-order valence-electron chi connectivity index (χ2n) is 4.70. The monoisotopic (exact) mass is 331 g/mol. The Bertz CT molecular complexity index is 474. The molecule has 2 rings (SSSR count). The van der Waals surface area contributed by atoms with Crippen molar-refractivity contribution in [2.75, 3.05) is 19.6 Å². The van der Waals surface area contributed by atoms with Crippen LogP contribution in [0.4, 0.5) is 0 Å². The number of nitrogens with one attached hydrogen (secondary N) is 3. The number of carbonyl (C=O) groups excluding carboxylic acids is 2. The molecule has 1 unspecified atom stereocenters. The van der Waals surface area contributed by atoms with Gasteiger partial charge < -0.3 is 16.0 Å². The van der Waals surface area contributed by atoms with Crippen LogP contribution in [-0.4, -0.2) is 37.5 Å². The third-order valence-corrected chi connectivity index (χ3v) is 3.44. The van der Waals surface area contributed by atoms with Crippen molar-refractivity contribution in [2.45, 2.75) is 18.9 Å². The number of rotatable bonds is 5. The van der Waals surface area contributed by atoms with Crippen molar-refractivity contribution in [3.63, 3.8) is 0 Å². The van der Waals surface area contributed by atoms with Crippen LogP contribution in [0.2, 0.25) is 5.02 Å². The fourth-order valence-electron chi connectivity index (χ4n) is 2.10. The van der Waals surface area contributed by atoms with Crippen LogP contribution in [0.3, 0.4) is 0 Å². The van der Waals surface area contributed by atoms with Crippen LogP contribution in [0.25, 0.3) is 0 Å². The summed E-state index contributed by atoms with van der Waals surface area (Å²) in [7, 11) is 0. The molecule has 1 aliphatic heterocycles. The molecule has 1 fully saturated rings. The van der Waals surface area contributed by atoms with Gasteiger partial charge in [0.15, 0.2) is 0 Å². The highest BCUT2D eigenvalue weighted by Crippen LogP contribution is 2.09. The van der Waals surface area contributed by atoms with Crippen LogP contribution in [0.1, 0.15) is 23.2 Å². The van der Waals surface area contributed by atoms with Crippen LogP contribution in [-0.2, 0) is 4.79 Å². The van der Waals surface area contributed by atoms with Crippen molar-refractivity contribution in [2.24, 2.45) is 0 Å². The van der Waals surface area contributed by atoms with E-state index >= 15 is 0 Å². The molecule has 0 aliphatic carbocycles. The number of hydrogen-bond donors (Lipinski definition) is 3. The molecule has 0 spiro atoms. The summed E-state index contributed by atoms with van der Waals surface area (Å²) in [6.07, 6.45) is 1.91. The molecule has 0 saturated carbocycles. The molecule has 7 heteroatoms. The molecule has 0 aromatic heterocycles. The lowest BCUT2D eigenvalue weighted by Crippen LogP contribution is -2.43. The van der Waals surface area contributed by atoms with Crippen LogP contribution >= 0.6 is 24.0 Å². The summed E-state index contributed by atoms with van der Waals surface area (Å²) >= 11 is 5.76. The Hall–Kier alpha value is -1.30. The molecule has 1 saturated heterocycles. The predicted octanol–water partition coefficient (Wildman–Crippen LogP) is 1.36. The summed E-state index contributed by atoms with van der Waals surface area (Å²) in [5, 5.41) is 9.27. The molecule has 1 aliphatic rings. The highest BCUT2D eigenvalue weighted by Gasteiger charge is 2.21. The summed E-state index contributed by atoms with van der Waals surface area (Å²) in [5.74, 6) is -0.168. The summed E-state index contributed by atoms with van der Waals surface area (Å²) in [5.41, 5.74) is 0.554. The first kappa shape index (κ1) is 17.8. The van der Waals surface area contributed by atoms with Gasteiger partial charge in [0.1, 0.15) is 0 Å². The van der Waals surface area contributed by atoms with E-state index in [4.69, 9.17) is 11.6 Å². The van der Waals surface area contributed by atoms with E-state index in [0.29, 0.717) is 23.7 Å². The molecule has 1 heterocycles. The average molecular weight is 332 g/mol. The van der Waals surface area contributed by atoms with E-state index in [1.807, 2.05) is 0 Å².